The molecule has 0 amide bonds. The van der Waals surface area contributed by atoms with Crippen LogP contribution in [0.15, 0.2) is 45.6 Å². The third kappa shape index (κ3) is 3.24. The molecule has 0 unspecified atom stereocenters. The Bertz CT molecular complexity index is 1000. The Kier molecular flexibility index (Phi) is 4.73. The predicted octanol–water partition coefficient (Wildman–Crippen LogP) is 5.47. The Morgan fingerprint density at radius 1 is 1.12 bits per heavy atom. The molecule has 0 spiro atoms. The summed E-state index contributed by atoms with van der Waals surface area (Å²) >= 11 is 5.94. The van der Waals surface area contributed by atoms with Gasteiger partial charge in [0.2, 0.25) is 0 Å². The van der Waals surface area contributed by atoms with Crippen LogP contribution >= 0.6 is 11.6 Å². The van der Waals surface area contributed by atoms with Crippen molar-refractivity contribution in [2.24, 2.45) is 0 Å². The zero-order valence-electron chi connectivity index (χ0n) is 14.8. The van der Waals surface area contributed by atoms with Crippen LogP contribution in [-0.2, 0) is 25.9 Å². The normalized spacial score (nSPS) is 13.2. The van der Waals surface area contributed by atoms with Gasteiger partial charge in [-0.15, -0.1) is 0 Å². The van der Waals surface area contributed by atoms with Crippen LogP contribution in [0.25, 0.3) is 11.0 Å². The monoisotopic (exact) mass is 368 g/mol. The fourth-order valence-electron chi connectivity index (χ4n) is 3.69. The van der Waals surface area contributed by atoms with Crippen molar-refractivity contribution in [3.63, 3.8) is 0 Å². The molecule has 4 rings (SSSR count). The van der Waals surface area contributed by atoms with Gasteiger partial charge in [-0.25, -0.2) is 4.79 Å². The maximum atomic E-state index is 12.2. The summed E-state index contributed by atoms with van der Waals surface area (Å²) in [5.74, 6) is 0.787. The highest BCUT2D eigenvalue weighted by Crippen LogP contribution is 2.33. The molecule has 134 valence electrons. The highest BCUT2D eigenvalue weighted by Gasteiger charge is 2.21. The van der Waals surface area contributed by atoms with Crippen molar-refractivity contribution in [3.8, 4) is 5.75 Å². The molecular formula is C22H21ClO3. The SMILES string of the molecule is CCCc1cc2c3c(c(=O)oc2cc1OCc1ccc(Cl)cc1)CCC3. The molecule has 1 aliphatic rings. The van der Waals surface area contributed by atoms with E-state index in [1.54, 1.807) is 0 Å². The topological polar surface area (TPSA) is 39.4 Å². The largest absolute Gasteiger partial charge is 0.488 e. The quantitative estimate of drug-likeness (QED) is 0.561. The van der Waals surface area contributed by atoms with Crippen LogP contribution in [0.2, 0.25) is 5.02 Å². The smallest absolute Gasteiger partial charge is 0.339 e. The van der Waals surface area contributed by atoms with Crippen LogP contribution < -0.4 is 10.4 Å². The molecule has 2 aromatic carbocycles. The number of rotatable bonds is 5. The van der Waals surface area contributed by atoms with E-state index in [1.807, 2.05) is 30.3 Å². The van der Waals surface area contributed by atoms with Gasteiger partial charge in [0.15, 0.2) is 0 Å². The molecule has 0 fully saturated rings. The zero-order chi connectivity index (χ0) is 18.1. The van der Waals surface area contributed by atoms with Crippen molar-refractivity contribution in [2.75, 3.05) is 0 Å². The first-order valence-electron chi connectivity index (χ1n) is 9.14. The lowest BCUT2D eigenvalue weighted by Gasteiger charge is -2.14. The average molecular weight is 369 g/mol. The summed E-state index contributed by atoms with van der Waals surface area (Å²) in [6, 6.07) is 11.7. The fourth-order valence-corrected chi connectivity index (χ4v) is 3.82. The van der Waals surface area contributed by atoms with Gasteiger partial charge in [0.25, 0.3) is 0 Å². The Balaban J connectivity index is 1.73. The number of fused-ring (bicyclic) bond motifs is 3. The van der Waals surface area contributed by atoms with Gasteiger partial charge >= 0.3 is 5.63 Å². The fraction of sp³-hybridized carbons (Fsp3) is 0.318. The molecule has 26 heavy (non-hydrogen) atoms. The maximum absolute atomic E-state index is 12.2. The summed E-state index contributed by atoms with van der Waals surface area (Å²) in [4.78, 5) is 12.2. The summed E-state index contributed by atoms with van der Waals surface area (Å²) in [7, 11) is 0. The number of aryl methyl sites for hydroxylation is 2. The minimum absolute atomic E-state index is 0.197. The molecule has 0 atom stereocenters. The number of halogens is 1. The molecular weight excluding hydrogens is 348 g/mol. The summed E-state index contributed by atoms with van der Waals surface area (Å²) in [6.07, 6.45) is 4.76. The number of hydrogen-bond donors (Lipinski definition) is 0. The molecule has 0 radical (unpaired) electrons. The summed E-state index contributed by atoms with van der Waals surface area (Å²) < 4.78 is 11.7. The molecule has 0 saturated heterocycles. The van der Waals surface area contributed by atoms with E-state index in [0.29, 0.717) is 17.2 Å². The number of benzene rings is 2. The van der Waals surface area contributed by atoms with Crippen molar-refractivity contribution in [3.05, 3.63) is 74.1 Å². The zero-order valence-corrected chi connectivity index (χ0v) is 15.6. The minimum atomic E-state index is -0.197. The van der Waals surface area contributed by atoms with Gasteiger partial charge in [-0.2, -0.15) is 0 Å². The van der Waals surface area contributed by atoms with Crippen molar-refractivity contribution in [1.29, 1.82) is 0 Å². The Labute approximate surface area is 157 Å². The first-order chi connectivity index (χ1) is 12.7. The van der Waals surface area contributed by atoms with Crippen LogP contribution in [0.1, 0.15) is 42.0 Å². The van der Waals surface area contributed by atoms with E-state index in [-0.39, 0.29) is 5.63 Å². The van der Waals surface area contributed by atoms with Crippen LogP contribution in [0.5, 0.6) is 5.75 Å². The van der Waals surface area contributed by atoms with Crippen LogP contribution in [0.4, 0.5) is 0 Å². The highest BCUT2D eigenvalue weighted by atomic mass is 35.5. The van der Waals surface area contributed by atoms with Crippen LogP contribution in [0, 0.1) is 0 Å². The lowest BCUT2D eigenvalue weighted by Crippen LogP contribution is -2.07. The van der Waals surface area contributed by atoms with Gasteiger partial charge < -0.3 is 9.15 Å². The number of ether oxygens (including phenoxy) is 1. The predicted molar refractivity (Wildman–Crippen MR) is 104 cm³/mol. The van der Waals surface area contributed by atoms with E-state index in [2.05, 4.69) is 13.0 Å². The molecule has 0 bridgehead atoms. The van der Waals surface area contributed by atoms with Gasteiger partial charge in [-0.1, -0.05) is 37.1 Å². The molecule has 4 heteroatoms. The number of hydrogen-bond acceptors (Lipinski definition) is 3. The Morgan fingerprint density at radius 3 is 2.65 bits per heavy atom. The molecule has 1 aromatic heterocycles. The van der Waals surface area contributed by atoms with Crippen molar-refractivity contribution >= 4 is 22.6 Å². The van der Waals surface area contributed by atoms with Gasteiger partial charge in [0, 0.05) is 22.0 Å². The Morgan fingerprint density at radius 2 is 1.88 bits per heavy atom. The second-order valence-electron chi connectivity index (χ2n) is 6.82. The second-order valence-corrected chi connectivity index (χ2v) is 7.26. The highest BCUT2D eigenvalue weighted by molar-refractivity contribution is 6.30. The van der Waals surface area contributed by atoms with Crippen LogP contribution in [-0.4, -0.2) is 0 Å². The Hall–Kier alpha value is -2.26. The van der Waals surface area contributed by atoms with Crippen molar-refractivity contribution in [2.45, 2.75) is 45.6 Å². The summed E-state index contributed by atoms with van der Waals surface area (Å²) in [5.41, 5.74) is 4.66. The van der Waals surface area contributed by atoms with E-state index < -0.39 is 0 Å². The lowest BCUT2D eigenvalue weighted by atomic mass is 10.0. The van der Waals surface area contributed by atoms with E-state index in [1.165, 1.54) is 0 Å². The van der Waals surface area contributed by atoms with Gasteiger partial charge in [0.1, 0.15) is 17.9 Å². The van der Waals surface area contributed by atoms with E-state index in [0.717, 1.165) is 65.5 Å². The van der Waals surface area contributed by atoms with Gasteiger partial charge in [-0.05, 0) is 60.6 Å². The first kappa shape index (κ1) is 17.2. The molecule has 3 aromatic rings. The first-order valence-corrected chi connectivity index (χ1v) is 9.52. The van der Waals surface area contributed by atoms with E-state index in [9.17, 15) is 4.79 Å². The molecule has 1 heterocycles. The third-order valence-electron chi connectivity index (χ3n) is 4.98. The molecule has 0 aliphatic heterocycles. The molecule has 3 nitrogen and oxygen atoms in total. The lowest BCUT2D eigenvalue weighted by molar-refractivity contribution is 0.302. The maximum Gasteiger partial charge on any atom is 0.339 e. The van der Waals surface area contributed by atoms with Crippen molar-refractivity contribution in [1.82, 2.24) is 0 Å². The summed E-state index contributed by atoms with van der Waals surface area (Å²) in [5, 5.41) is 1.78. The van der Waals surface area contributed by atoms with Crippen LogP contribution in [0.3, 0.4) is 0 Å². The standard InChI is InChI=1S/C22H21ClO3/c1-2-4-15-11-19-17-5-3-6-18(17)22(24)26-21(19)12-20(15)25-13-14-7-9-16(23)10-8-14/h7-12H,2-6,13H2,1H3. The molecule has 1 aliphatic carbocycles. The van der Waals surface area contributed by atoms with Gasteiger partial charge in [-0.3, -0.25) is 0 Å². The van der Waals surface area contributed by atoms with E-state index >= 15 is 0 Å². The summed E-state index contributed by atoms with van der Waals surface area (Å²) in [6.45, 7) is 2.61. The molecule has 0 N–H and O–H groups in total. The minimum Gasteiger partial charge on any atom is -0.488 e. The average Bonchev–Trinajstić information content (AvgIpc) is 3.13. The van der Waals surface area contributed by atoms with Gasteiger partial charge in [0.05, 0.1) is 0 Å². The second kappa shape index (κ2) is 7.16. The van der Waals surface area contributed by atoms with Crippen molar-refractivity contribution < 1.29 is 9.15 Å². The van der Waals surface area contributed by atoms with E-state index in [4.69, 9.17) is 20.8 Å². The molecule has 0 saturated carbocycles. The third-order valence-corrected chi connectivity index (χ3v) is 5.23.